The Hall–Kier alpha value is -1.93. The number of para-hydroxylation sites is 2. The summed E-state index contributed by atoms with van der Waals surface area (Å²) >= 11 is 1.80. The molecule has 1 unspecified atom stereocenters. The molecule has 2 saturated heterocycles. The molecule has 3 heterocycles. The molecule has 0 aromatic heterocycles. The van der Waals surface area contributed by atoms with E-state index < -0.39 is 0 Å². The highest BCUT2D eigenvalue weighted by molar-refractivity contribution is 7.99. The van der Waals surface area contributed by atoms with Crippen LogP contribution in [-0.2, 0) is 4.79 Å². The summed E-state index contributed by atoms with van der Waals surface area (Å²) in [4.78, 5) is 19.5. The van der Waals surface area contributed by atoms with Crippen molar-refractivity contribution >= 4 is 29.2 Å². The Morgan fingerprint density at radius 2 is 2.00 bits per heavy atom. The number of carbonyl (C=O) groups excluding carboxylic acids is 1. The topological polar surface area (TPSA) is 51.6 Å². The molecule has 0 radical (unpaired) electrons. The van der Waals surface area contributed by atoms with Crippen LogP contribution in [0.2, 0.25) is 0 Å². The minimum atomic E-state index is -0.0348. The first kappa shape index (κ1) is 17.5. The van der Waals surface area contributed by atoms with Gasteiger partial charge in [-0.3, -0.25) is 9.69 Å². The third-order valence-electron chi connectivity index (χ3n) is 5.23. The van der Waals surface area contributed by atoms with Crippen LogP contribution in [0.3, 0.4) is 0 Å². The third kappa shape index (κ3) is 3.23. The van der Waals surface area contributed by atoms with Crippen molar-refractivity contribution in [3.63, 3.8) is 0 Å². The molecule has 8 heteroatoms. The molecular weight excluding hydrogens is 350 g/mol. The van der Waals surface area contributed by atoms with Crippen LogP contribution in [0.15, 0.2) is 29.4 Å². The van der Waals surface area contributed by atoms with Crippen LogP contribution in [-0.4, -0.2) is 84.2 Å². The number of hydrazone groups is 1. The summed E-state index contributed by atoms with van der Waals surface area (Å²) in [7, 11) is 1.71. The first-order valence-corrected chi connectivity index (χ1v) is 10.1. The number of anilines is 1. The second-order valence-corrected chi connectivity index (χ2v) is 7.79. The Kier molecular flexibility index (Phi) is 4.95. The summed E-state index contributed by atoms with van der Waals surface area (Å²) < 4.78 is 5.48. The molecule has 3 aliphatic rings. The van der Waals surface area contributed by atoms with Gasteiger partial charge in [0.1, 0.15) is 17.6 Å². The van der Waals surface area contributed by atoms with E-state index in [2.05, 4.69) is 25.9 Å². The van der Waals surface area contributed by atoms with Crippen molar-refractivity contribution < 1.29 is 9.53 Å². The first-order chi connectivity index (χ1) is 12.7. The van der Waals surface area contributed by atoms with Gasteiger partial charge in [0.25, 0.3) is 5.91 Å². The average Bonchev–Trinajstić information content (AvgIpc) is 3.17. The molecule has 2 fully saturated rings. The van der Waals surface area contributed by atoms with Gasteiger partial charge < -0.3 is 14.5 Å². The number of hydrogen-bond donors (Lipinski definition) is 0. The molecule has 7 nitrogen and oxygen atoms in total. The van der Waals surface area contributed by atoms with E-state index in [0.717, 1.165) is 55.1 Å². The van der Waals surface area contributed by atoms with Gasteiger partial charge in [-0.25, -0.2) is 5.01 Å². The standard InChI is InChI=1S/C18H25N5O2S/c1-14-19-23(18(24)16-11-26-13-22(14)16)12-20-7-9-21(10-8-20)15-5-3-4-6-17(15)25-2/h3-6,16H,7-13H2,1-2H3. The molecule has 0 N–H and O–H groups in total. The summed E-state index contributed by atoms with van der Waals surface area (Å²) in [6.45, 7) is 6.20. The number of amidine groups is 1. The molecule has 0 aliphatic carbocycles. The molecule has 26 heavy (non-hydrogen) atoms. The summed E-state index contributed by atoms with van der Waals surface area (Å²) in [6.07, 6.45) is 0. The maximum Gasteiger partial charge on any atom is 0.267 e. The number of thioether (sulfide) groups is 1. The maximum absolute atomic E-state index is 12.7. The van der Waals surface area contributed by atoms with Crippen molar-refractivity contribution in [1.82, 2.24) is 14.8 Å². The Morgan fingerprint density at radius 3 is 2.77 bits per heavy atom. The maximum atomic E-state index is 12.7. The van der Waals surface area contributed by atoms with Crippen LogP contribution in [0.4, 0.5) is 5.69 Å². The van der Waals surface area contributed by atoms with Gasteiger partial charge in [-0.1, -0.05) is 12.1 Å². The first-order valence-electron chi connectivity index (χ1n) is 8.98. The van der Waals surface area contributed by atoms with E-state index in [-0.39, 0.29) is 11.9 Å². The number of rotatable bonds is 4. The Morgan fingerprint density at radius 1 is 1.23 bits per heavy atom. The number of fused-ring (bicyclic) bond motifs is 1. The van der Waals surface area contributed by atoms with Gasteiger partial charge >= 0.3 is 0 Å². The largest absolute Gasteiger partial charge is 0.495 e. The lowest BCUT2D eigenvalue weighted by molar-refractivity contribution is -0.138. The smallest absolute Gasteiger partial charge is 0.267 e. The van der Waals surface area contributed by atoms with Crippen molar-refractivity contribution in [2.45, 2.75) is 13.0 Å². The lowest BCUT2D eigenvalue weighted by atomic mass is 10.2. The summed E-state index contributed by atoms with van der Waals surface area (Å²) in [5.74, 6) is 3.73. The highest BCUT2D eigenvalue weighted by Crippen LogP contribution is 2.29. The predicted molar refractivity (Wildman–Crippen MR) is 105 cm³/mol. The van der Waals surface area contributed by atoms with Gasteiger partial charge in [-0.05, 0) is 19.1 Å². The van der Waals surface area contributed by atoms with Gasteiger partial charge in [0.05, 0.1) is 25.3 Å². The SMILES string of the molecule is COc1ccccc1N1CCN(CN2N=C(C)N3CSCC3C2=O)CC1. The quantitative estimate of drug-likeness (QED) is 0.791. The van der Waals surface area contributed by atoms with E-state index in [1.807, 2.05) is 25.1 Å². The second-order valence-electron chi connectivity index (χ2n) is 6.79. The third-order valence-corrected chi connectivity index (χ3v) is 6.25. The molecule has 0 spiro atoms. The zero-order valence-corrected chi connectivity index (χ0v) is 16.1. The van der Waals surface area contributed by atoms with E-state index >= 15 is 0 Å². The van der Waals surface area contributed by atoms with E-state index in [9.17, 15) is 4.79 Å². The number of benzene rings is 1. The fourth-order valence-electron chi connectivity index (χ4n) is 3.73. The highest BCUT2D eigenvalue weighted by atomic mass is 32.2. The minimum absolute atomic E-state index is 0.0348. The predicted octanol–water partition coefficient (Wildman–Crippen LogP) is 1.33. The summed E-state index contributed by atoms with van der Waals surface area (Å²) in [5.41, 5.74) is 1.14. The molecule has 0 bridgehead atoms. The molecule has 1 aromatic rings. The fraction of sp³-hybridized carbons (Fsp3) is 0.556. The van der Waals surface area contributed by atoms with Gasteiger partial charge in [-0.15, -0.1) is 11.8 Å². The van der Waals surface area contributed by atoms with Crippen molar-refractivity contribution in [2.24, 2.45) is 5.10 Å². The Labute approximate surface area is 158 Å². The van der Waals surface area contributed by atoms with E-state index in [4.69, 9.17) is 4.74 Å². The lowest BCUT2D eigenvalue weighted by Crippen LogP contribution is -2.56. The molecule has 140 valence electrons. The van der Waals surface area contributed by atoms with E-state index in [0.29, 0.717) is 6.67 Å². The van der Waals surface area contributed by atoms with Crippen molar-refractivity contribution in [3.8, 4) is 5.75 Å². The van der Waals surface area contributed by atoms with Crippen LogP contribution in [0.1, 0.15) is 6.92 Å². The molecule has 4 rings (SSSR count). The number of ether oxygens (including phenoxy) is 1. The van der Waals surface area contributed by atoms with Crippen molar-refractivity contribution in [3.05, 3.63) is 24.3 Å². The fourth-order valence-corrected chi connectivity index (χ4v) is 4.95. The van der Waals surface area contributed by atoms with Gasteiger partial charge in [-0.2, -0.15) is 5.10 Å². The van der Waals surface area contributed by atoms with Gasteiger partial charge in [0.15, 0.2) is 0 Å². The van der Waals surface area contributed by atoms with Crippen molar-refractivity contribution in [2.75, 3.05) is 56.5 Å². The average molecular weight is 375 g/mol. The molecule has 1 atom stereocenters. The van der Waals surface area contributed by atoms with Crippen LogP contribution >= 0.6 is 11.8 Å². The minimum Gasteiger partial charge on any atom is -0.495 e. The van der Waals surface area contributed by atoms with Gasteiger partial charge in [0.2, 0.25) is 0 Å². The second kappa shape index (κ2) is 7.36. The normalized spacial score (nSPS) is 23.9. The number of amides is 1. The van der Waals surface area contributed by atoms with Crippen molar-refractivity contribution in [1.29, 1.82) is 0 Å². The molecule has 1 amide bonds. The Balaban J connectivity index is 1.38. The van der Waals surface area contributed by atoms with E-state index in [1.165, 1.54) is 0 Å². The highest BCUT2D eigenvalue weighted by Gasteiger charge is 2.39. The number of carbonyl (C=O) groups is 1. The molecule has 1 aromatic carbocycles. The van der Waals surface area contributed by atoms with Gasteiger partial charge in [0, 0.05) is 31.9 Å². The summed E-state index contributed by atoms with van der Waals surface area (Å²) in [5, 5.41) is 6.21. The number of methoxy groups -OCH3 is 1. The number of nitrogens with zero attached hydrogens (tertiary/aromatic N) is 5. The molecule has 3 aliphatic heterocycles. The molecule has 0 saturated carbocycles. The molecular formula is C18H25N5O2S. The monoisotopic (exact) mass is 375 g/mol. The van der Waals surface area contributed by atoms with Crippen LogP contribution in [0.25, 0.3) is 0 Å². The van der Waals surface area contributed by atoms with E-state index in [1.54, 1.807) is 23.9 Å². The Bertz CT molecular complexity index is 705. The van der Waals surface area contributed by atoms with Crippen LogP contribution in [0.5, 0.6) is 5.75 Å². The van der Waals surface area contributed by atoms with Crippen LogP contribution < -0.4 is 9.64 Å². The lowest BCUT2D eigenvalue weighted by Gasteiger charge is -2.40. The number of piperazine rings is 1. The zero-order chi connectivity index (χ0) is 18.1. The van der Waals surface area contributed by atoms with Crippen LogP contribution in [0, 0.1) is 0 Å². The zero-order valence-electron chi connectivity index (χ0n) is 15.3. The summed E-state index contributed by atoms with van der Waals surface area (Å²) in [6, 6.07) is 8.09. The number of hydrogen-bond acceptors (Lipinski definition) is 7.